The van der Waals surface area contributed by atoms with E-state index in [1.54, 1.807) is 31.2 Å². The zero-order valence-electron chi connectivity index (χ0n) is 10.6. The van der Waals surface area contributed by atoms with E-state index in [1.165, 1.54) is 12.1 Å². The van der Waals surface area contributed by atoms with Crippen molar-refractivity contribution in [2.24, 2.45) is 0 Å². The van der Waals surface area contributed by atoms with Crippen molar-refractivity contribution in [2.45, 2.75) is 13.0 Å². The molecule has 1 unspecified atom stereocenters. The molecule has 0 radical (unpaired) electrons. The van der Waals surface area contributed by atoms with Gasteiger partial charge in [-0.25, -0.2) is 4.39 Å². The lowest BCUT2D eigenvalue weighted by Crippen LogP contribution is -2.23. The number of Topliss-reactive ketones (excluding diaryl/α,β-unsaturated/α-hetero) is 1. The van der Waals surface area contributed by atoms with E-state index in [0.29, 0.717) is 10.6 Å². The number of carbonyl (C=O) groups is 1. The largest absolute Gasteiger partial charge is 0.482 e. The van der Waals surface area contributed by atoms with Crippen LogP contribution in [0.4, 0.5) is 4.39 Å². The van der Waals surface area contributed by atoms with Gasteiger partial charge >= 0.3 is 0 Å². The van der Waals surface area contributed by atoms with E-state index in [0.717, 1.165) is 6.07 Å². The molecule has 0 N–H and O–H groups in total. The molecule has 20 heavy (non-hydrogen) atoms. The molecular weight excluding hydrogens is 302 g/mol. The van der Waals surface area contributed by atoms with Crippen LogP contribution in [0.15, 0.2) is 42.5 Å². The molecule has 0 bridgehead atoms. The highest BCUT2D eigenvalue weighted by Gasteiger charge is 2.17. The number of hydrogen-bond donors (Lipinski definition) is 0. The van der Waals surface area contributed by atoms with Crippen LogP contribution >= 0.6 is 23.2 Å². The molecule has 1 atom stereocenters. The molecule has 0 aliphatic carbocycles. The number of carbonyl (C=O) groups excluding carboxylic acids is 1. The smallest absolute Gasteiger partial charge is 0.203 e. The van der Waals surface area contributed by atoms with Crippen molar-refractivity contribution in [3.05, 3.63) is 63.9 Å². The number of ether oxygens (including phenoxy) is 1. The van der Waals surface area contributed by atoms with Gasteiger partial charge in [-0.1, -0.05) is 35.3 Å². The molecule has 0 saturated heterocycles. The predicted octanol–water partition coefficient (Wildman–Crippen LogP) is 4.78. The quantitative estimate of drug-likeness (QED) is 0.759. The first-order valence-electron chi connectivity index (χ1n) is 5.89. The lowest BCUT2D eigenvalue weighted by atomic mass is 10.1. The van der Waals surface area contributed by atoms with Crippen molar-refractivity contribution in [3.63, 3.8) is 0 Å². The van der Waals surface area contributed by atoms with Crippen LogP contribution in [0.5, 0.6) is 5.75 Å². The summed E-state index contributed by atoms with van der Waals surface area (Å²) in [6, 6.07) is 10.6. The minimum absolute atomic E-state index is 0.00571. The third-order valence-corrected chi connectivity index (χ3v) is 3.22. The molecular formula is C15H11Cl2FO2. The Balaban J connectivity index is 2.13. The minimum atomic E-state index is -0.756. The number of rotatable bonds is 4. The van der Waals surface area contributed by atoms with Crippen LogP contribution in [0, 0.1) is 5.82 Å². The maximum atomic E-state index is 13.3. The molecule has 104 valence electrons. The van der Waals surface area contributed by atoms with Crippen LogP contribution in [0.1, 0.15) is 17.3 Å². The van der Waals surface area contributed by atoms with Gasteiger partial charge in [0.25, 0.3) is 0 Å². The summed E-state index contributed by atoms with van der Waals surface area (Å²) in [7, 11) is 0. The van der Waals surface area contributed by atoms with E-state index in [1.807, 2.05) is 0 Å². The Morgan fingerprint density at radius 3 is 2.60 bits per heavy atom. The average Bonchev–Trinajstić information content (AvgIpc) is 2.42. The molecule has 2 aromatic carbocycles. The van der Waals surface area contributed by atoms with Gasteiger partial charge in [0, 0.05) is 16.7 Å². The Labute approximate surface area is 126 Å². The van der Waals surface area contributed by atoms with Gasteiger partial charge in [-0.3, -0.25) is 4.79 Å². The van der Waals surface area contributed by atoms with Gasteiger partial charge in [0.2, 0.25) is 5.78 Å². The van der Waals surface area contributed by atoms with Crippen molar-refractivity contribution in [1.82, 2.24) is 0 Å². The van der Waals surface area contributed by atoms with Gasteiger partial charge in [-0.15, -0.1) is 0 Å². The number of halogens is 3. The fraction of sp³-hybridized carbons (Fsp3) is 0.133. The highest BCUT2D eigenvalue weighted by Crippen LogP contribution is 2.22. The third kappa shape index (κ3) is 3.50. The van der Waals surface area contributed by atoms with E-state index >= 15 is 0 Å². The van der Waals surface area contributed by atoms with E-state index in [2.05, 4.69) is 0 Å². The van der Waals surface area contributed by atoms with Gasteiger partial charge < -0.3 is 4.74 Å². The first-order chi connectivity index (χ1) is 9.47. The molecule has 0 aliphatic heterocycles. The standard InChI is InChI=1S/C15H11Cl2FO2/c1-9(15(19)10-3-2-4-11(16)7-10)20-12-5-6-13(17)14(18)8-12/h2-9H,1H3. The summed E-state index contributed by atoms with van der Waals surface area (Å²) in [4.78, 5) is 12.1. The Kier molecular flexibility index (Phi) is 4.63. The van der Waals surface area contributed by atoms with Crippen LogP contribution in [0.2, 0.25) is 10.0 Å². The zero-order chi connectivity index (χ0) is 14.7. The van der Waals surface area contributed by atoms with Crippen molar-refractivity contribution in [2.75, 3.05) is 0 Å². The molecule has 0 amide bonds. The molecule has 0 aliphatic rings. The number of benzene rings is 2. The van der Waals surface area contributed by atoms with Gasteiger partial charge in [0.1, 0.15) is 11.6 Å². The number of ketones is 1. The maximum absolute atomic E-state index is 13.3. The zero-order valence-corrected chi connectivity index (χ0v) is 12.1. The van der Waals surface area contributed by atoms with E-state index < -0.39 is 11.9 Å². The molecule has 0 heterocycles. The second-order valence-electron chi connectivity index (χ2n) is 4.21. The van der Waals surface area contributed by atoms with E-state index in [4.69, 9.17) is 27.9 Å². The van der Waals surface area contributed by atoms with Gasteiger partial charge in [0.05, 0.1) is 5.02 Å². The Morgan fingerprint density at radius 1 is 1.20 bits per heavy atom. The molecule has 0 fully saturated rings. The van der Waals surface area contributed by atoms with Gasteiger partial charge in [0.15, 0.2) is 6.10 Å². The van der Waals surface area contributed by atoms with Crippen LogP contribution in [0.3, 0.4) is 0 Å². The molecule has 0 aromatic heterocycles. The van der Waals surface area contributed by atoms with E-state index in [9.17, 15) is 9.18 Å². The predicted molar refractivity (Wildman–Crippen MR) is 77.3 cm³/mol. The van der Waals surface area contributed by atoms with Crippen molar-refractivity contribution >= 4 is 29.0 Å². The minimum Gasteiger partial charge on any atom is -0.482 e. The SMILES string of the molecule is CC(Oc1ccc(Cl)c(F)c1)C(=O)c1cccc(Cl)c1. The first-order valence-corrected chi connectivity index (χ1v) is 6.64. The van der Waals surface area contributed by atoms with Gasteiger partial charge in [-0.05, 0) is 31.2 Å². The Morgan fingerprint density at radius 2 is 1.95 bits per heavy atom. The normalized spacial score (nSPS) is 12.0. The monoisotopic (exact) mass is 312 g/mol. The third-order valence-electron chi connectivity index (χ3n) is 2.68. The average molecular weight is 313 g/mol. The van der Waals surface area contributed by atoms with Crippen molar-refractivity contribution < 1.29 is 13.9 Å². The summed E-state index contributed by atoms with van der Waals surface area (Å²) in [6.07, 6.45) is -0.756. The van der Waals surface area contributed by atoms with Crippen LogP contribution in [0.25, 0.3) is 0 Å². The highest BCUT2D eigenvalue weighted by molar-refractivity contribution is 6.31. The van der Waals surface area contributed by atoms with Crippen LogP contribution < -0.4 is 4.74 Å². The molecule has 0 saturated carbocycles. The van der Waals surface area contributed by atoms with Crippen LogP contribution in [-0.4, -0.2) is 11.9 Å². The van der Waals surface area contributed by atoms with Crippen LogP contribution in [-0.2, 0) is 0 Å². The fourth-order valence-corrected chi connectivity index (χ4v) is 1.99. The Hall–Kier alpha value is -1.58. The second kappa shape index (κ2) is 6.25. The van der Waals surface area contributed by atoms with Gasteiger partial charge in [-0.2, -0.15) is 0 Å². The lowest BCUT2D eigenvalue weighted by molar-refractivity contribution is 0.0817. The molecule has 2 nitrogen and oxygen atoms in total. The number of hydrogen-bond acceptors (Lipinski definition) is 2. The summed E-state index contributed by atoms with van der Waals surface area (Å²) < 4.78 is 18.7. The maximum Gasteiger partial charge on any atom is 0.203 e. The first kappa shape index (κ1) is 14.8. The highest BCUT2D eigenvalue weighted by atomic mass is 35.5. The lowest BCUT2D eigenvalue weighted by Gasteiger charge is -2.14. The Bertz CT molecular complexity index is 644. The van der Waals surface area contributed by atoms with E-state index in [-0.39, 0.29) is 16.6 Å². The topological polar surface area (TPSA) is 26.3 Å². The summed E-state index contributed by atoms with van der Waals surface area (Å²) in [5.74, 6) is -0.579. The van der Waals surface area contributed by atoms with Crippen molar-refractivity contribution in [1.29, 1.82) is 0 Å². The molecule has 5 heteroatoms. The molecule has 0 spiro atoms. The summed E-state index contributed by atoms with van der Waals surface area (Å²) >= 11 is 11.4. The fourth-order valence-electron chi connectivity index (χ4n) is 1.68. The summed E-state index contributed by atoms with van der Waals surface area (Å²) in [5.41, 5.74) is 0.444. The second-order valence-corrected chi connectivity index (χ2v) is 5.05. The summed E-state index contributed by atoms with van der Waals surface area (Å²) in [6.45, 7) is 1.59. The molecule has 2 rings (SSSR count). The van der Waals surface area contributed by atoms with Crippen molar-refractivity contribution in [3.8, 4) is 5.75 Å². The summed E-state index contributed by atoms with van der Waals surface area (Å²) in [5, 5.41) is 0.478. The molecule has 2 aromatic rings.